The van der Waals surface area contributed by atoms with Crippen molar-refractivity contribution in [2.75, 3.05) is 5.32 Å². The minimum atomic E-state index is -0.0650. The fourth-order valence-electron chi connectivity index (χ4n) is 3.83. The van der Waals surface area contributed by atoms with Gasteiger partial charge in [0.15, 0.2) is 0 Å². The number of carbonyl (C=O) groups excluding carboxylic acids is 1. The second-order valence-corrected chi connectivity index (χ2v) is 7.24. The molecular weight excluding hydrogens is 348 g/mol. The van der Waals surface area contributed by atoms with E-state index in [1.807, 2.05) is 38.1 Å². The maximum absolute atomic E-state index is 12.7. The number of carbonyl (C=O) groups is 1. The van der Waals surface area contributed by atoms with Gasteiger partial charge < -0.3 is 9.88 Å². The minimum Gasteiger partial charge on any atom is -0.326 e. The van der Waals surface area contributed by atoms with Crippen molar-refractivity contribution < 1.29 is 4.79 Å². The van der Waals surface area contributed by atoms with E-state index in [2.05, 4.69) is 31.3 Å². The molecule has 0 fully saturated rings. The van der Waals surface area contributed by atoms with E-state index in [9.17, 15) is 9.59 Å². The molecule has 0 aliphatic carbocycles. The number of nitrogens with zero attached hydrogens (tertiary/aromatic N) is 1. The van der Waals surface area contributed by atoms with E-state index in [-0.39, 0.29) is 17.9 Å². The Labute approximate surface area is 166 Å². The largest absolute Gasteiger partial charge is 0.326 e. The zero-order chi connectivity index (χ0) is 20.3. The van der Waals surface area contributed by atoms with Gasteiger partial charge in [0.25, 0.3) is 5.56 Å². The van der Waals surface area contributed by atoms with Gasteiger partial charge >= 0.3 is 0 Å². The van der Waals surface area contributed by atoms with Gasteiger partial charge in [-0.2, -0.15) is 0 Å². The average Bonchev–Trinajstić information content (AvgIpc) is 2.68. The Hall–Kier alpha value is -2.88. The first kappa shape index (κ1) is 19.9. The van der Waals surface area contributed by atoms with Crippen LogP contribution in [0.2, 0.25) is 0 Å². The number of aryl methyl sites for hydroxylation is 5. The summed E-state index contributed by atoms with van der Waals surface area (Å²) in [7, 11) is 0. The van der Waals surface area contributed by atoms with Gasteiger partial charge in [-0.3, -0.25) is 9.59 Å². The molecule has 0 saturated heterocycles. The smallest absolute Gasteiger partial charge is 0.251 e. The van der Waals surface area contributed by atoms with Crippen molar-refractivity contribution in [1.29, 1.82) is 0 Å². The van der Waals surface area contributed by atoms with Gasteiger partial charge in [-0.05, 0) is 48.9 Å². The average molecular weight is 377 g/mol. The van der Waals surface area contributed by atoms with Crippen LogP contribution in [0.1, 0.15) is 42.5 Å². The molecule has 1 N–H and O–H groups in total. The van der Waals surface area contributed by atoms with Crippen molar-refractivity contribution in [3.8, 4) is 0 Å². The first-order valence-electron chi connectivity index (χ1n) is 9.96. The number of hydrogen-bond donors (Lipinski definition) is 1. The highest BCUT2D eigenvalue weighted by Gasteiger charge is 2.13. The van der Waals surface area contributed by atoms with Gasteiger partial charge in [0.1, 0.15) is 0 Å². The molecule has 2 aromatic carbocycles. The van der Waals surface area contributed by atoms with Crippen LogP contribution in [0.15, 0.2) is 47.3 Å². The summed E-state index contributed by atoms with van der Waals surface area (Å²) in [5.41, 5.74) is 6.08. The lowest BCUT2D eigenvalue weighted by atomic mass is 10.0. The first-order chi connectivity index (χ1) is 13.5. The highest BCUT2D eigenvalue weighted by atomic mass is 16.1. The molecular formula is C24H28N2O2. The van der Waals surface area contributed by atoms with Crippen LogP contribution < -0.4 is 10.9 Å². The van der Waals surface area contributed by atoms with Crippen LogP contribution in [-0.2, 0) is 24.2 Å². The van der Waals surface area contributed by atoms with Gasteiger partial charge in [0, 0.05) is 30.1 Å². The van der Waals surface area contributed by atoms with E-state index >= 15 is 0 Å². The molecule has 0 unspecified atom stereocenters. The van der Waals surface area contributed by atoms with E-state index in [0.717, 1.165) is 51.7 Å². The molecule has 1 amide bonds. The van der Waals surface area contributed by atoms with E-state index in [1.165, 1.54) is 0 Å². The second-order valence-electron chi connectivity index (χ2n) is 7.24. The minimum absolute atomic E-state index is 0.0599. The van der Waals surface area contributed by atoms with Gasteiger partial charge in [-0.15, -0.1) is 0 Å². The summed E-state index contributed by atoms with van der Waals surface area (Å²) in [4.78, 5) is 25.3. The normalized spacial score (nSPS) is 11.0. The molecule has 0 radical (unpaired) electrons. The number of rotatable bonds is 6. The van der Waals surface area contributed by atoms with Crippen LogP contribution in [0.4, 0.5) is 5.69 Å². The summed E-state index contributed by atoms with van der Waals surface area (Å²) in [6.45, 7) is 8.50. The number of hydrogen-bond acceptors (Lipinski definition) is 2. The second kappa shape index (κ2) is 8.42. The molecule has 0 aliphatic rings. The molecule has 0 spiro atoms. The monoisotopic (exact) mass is 376 g/mol. The van der Waals surface area contributed by atoms with Crippen molar-refractivity contribution >= 4 is 22.5 Å². The van der Waals surface area contributed by atoms with Crippen LogP contribution in [0.3, 0.4) is 0 Å². The summed E-state index contributed by atoms with van der Waals surface area (Å²) in [6, 6.07) is 13.8. The number of benzene rings is 2. The SMILES string of the molecule is CCc1cccc(CC)c1NC(=O)CCn1c(=O)cc(C)c2cccc(C)c21. The molecule has 28 heavy (non-hydrogen) atoms. The van der Waals surface area contributed by atoms with Crippen molar-refractivity contribution in [3.63, 3.8) is 0 Å². The predicted molar refractivity (Wildman–Crippen MR) is 116 cm³/mol. The van der Waals surface area contributed by atoms with E-state index in [4.69, 9.17) is 0 Å². The van der Waals surface area contributed by atoms with E-state index < -0.39 is 0 Å². The number of nitrogens with one attached hydrogen (secondary N) is 1. The number of fused-ring (bicyclic) bond motifs is 1. The maximum atomic E-state index is 12.7. The lowest BCUT2D eigenvalue weighted by Gasteiger charge is -2.16. The fourth-order valence-corrected chi connectivity index (χ4v) is 3.83. The Bertz CT molecular complexity index is 1060. The molecule has 3 rings (SSSR count). The Balaban J connectivity index is 1.86. The molecule has 0 saturated carbocycles. The summed E-state index contributed by atoms with van der Waals surface area (Å²) >= 11 is 0. The number of pyridine rings is 1. The van der Waals surface area contributed by atoms with Crippen molar-refractivity contribution in [2.24, 2.45) is 0 Å². The summed E-state index contributed by atoms with van der Waals surface area (Å²) < 4.78 is 1.73. The fraction of sp³-hybridized carbons (Fsp3) is 0.333. The third-order valence-electron chi connectivity index (χ3n) is 5.36. The molecule has 4 nitrogen and oxygen atoms in total. The first-order valence-corrected chi connectivity index (χ1v) is 9.96. The number of para-hydroxylation sites is 2. The Morgan fingerprint density at radius 1 is 0.964 bits per heavy atom. The molecule has 0 atom stereocenters. The Morgan fingerprint density at radius 3 is 2.25 bits per heavy atom. The van der Waals surface area contributed by atoms with Crippen molar-refractivity contribution in [2.45, 2.75) is 53.5 Å². The number of aromatic nitrogens is 1. The lowest BCUT2D eigenvalue weighted by Crippen LogP contribution is -2.24. The molecule has 4 heteroatoms. The van der Waals surface area contributed by atoms with Crippen LogP contribution in [0.5, 0.6) is 0 Å². The van der Waals surface area contributed by atoms with Crippen LogP contribution in [0.25, 0.3) is 10.9 Å². The topological polar surface area (TPSA) is 51.1 Å². The Morgan fingerprint density at radius 2 is 1.61 bits per heavy atom. The third-order valence-corrected chi connectivity index (χ3v) is 5.36. The van der Waals surface area contributed by atoms with Gasteiger partial charge in [-0.1, -0.05) is 50.2 Å². The zero-order valence-electron chi connectivity index (χ0n) is 17.1. The molecule has 3 aromatic rings. The lowest BCUT2D eigenvalue weighted by molar-refractivity contribution is -0.116. The summed E-state index contributed by atoms with van der Waals surface area (Å²) in [6.07, 6.45) is 1.99. The molecule has 1 heterocycles. The molecule has 1 aromatic heterocycles. The highest BCUT2D eigenvalue weighted by molar-refractivity contribution is 5.92. The van der Waals surface area contributed by atoms with Gasteiger partial charge in [-0.25, -0.2) is 0 Å². The van der Waals surface area contributed by atoms with Crippen LogP contribution >= 0.6 is 0 Å². The quantitative estimate of drug-likeness (QED) is 0.673. The zero-order valence-corrected chi connectivity index (χ0v) is 17.1. The van der Waals surface area contributed by atoms with Crippen molar-refractivity contribution in [3.05, 3.63) is 75.1 Å². The van der Waals surface area contributed by atoms with Gasteiger partial charge in [0.2, 0.25) is 5.91 Å². The standard InChI is InChI=1S/C24H28N2O2/c1-5-18-10-8-11-19(6-2)23(18)25-21(27)13-14-26-22(28)15-17(4)20-12-7-9-16(3)24(20)26/h7-12,15H,5-6,13-14H2,1-4H3,(H,25,27). The van der Waals surface area contributed by atoms with Crippen LogP contribution in [0, 0.1) is 13.8 Å². The molecule has 0 bridgehead atoms. The van der Waals surface area contributed by atoms with Crippen molar-refractivity contribution in [1.82, 2.24) is 4.57 Å². The Kier molecular flexibility index (Phi) is 5.98. The summed E-state index contributed by atoms with van der Waals surface area (Å²) in [5, 5.41) is 4.15. The number of anilines is 1. The highest BCUT2D eigenvalue weighted by Crippen LogP contribution is 2.23. The maximum Gasteiger partial charge on any atom is 0.251 e. The number of amides is 1. The van der Waals surface area contributed by atoms with E-state index in [0.29, 0.717) is 6.54 Å². The predicted octanol–water partition coefficient (Wildman–Crippen LogP) is 4.77. The van der Waals surface area contributed by atoms with E-state index in [1.54, 1.807) is 10.6 Å². The van der Waals surface area contributed by atoms with Crippen LogP contribution in [-0.4, -0.2) is 10.5 Å². The van der Waals surface area contributed by atoms with Gasteiger partial charge in [0.05, 0.1) is 5.52 Å². The summed E-state index contributed by atoms with van der Waals surface area (Å²) in [5.74, 6) is -0.0650. The molecule has 146 valence electrons. The molecule has 0 aliphatic heterocycles. The third kappa shape index (κ3) is 3.86.